The predicted molar refractivity (Wildman–Crippen MR) is 147 cm³/mol. The summed E-state index contributed by atoms with van der Waals surface area (Å²) < 4.78 is 43.5. The van der Waals surface area contributed by atoms with Crippen LogP contribution in [0.4, 0.5) is 0 Å². The van der Waals surface area contributed by atoms with Crippen LogP contribution < -0.4 is 18.9 Å². The third kappa shape index (κ3) is 2.67. The molecule has 210 valence electrons. The summed E-state index contributed by atoms with van der Waals surface area (Å²) in [6.07, 6.45) is -0.308. The summed E-state index contributed by atoms with van der Waals surface area (Å²) in [6, 6.07) is 11.5. The topological polar surface area (TPSA) is 98.5 Å². The molecule has 8 rings (SSSR count). The Balaban J connectivity index is 1.57. The molecule has 2 aliphatic carbocycles. The van der Waals surface area contributed by atoms with Gasteiger partial charge in [0.25, 0.3) is 5.79 Å². The van der Waals surface area contributed by atoms with Crippen molar-refractivity contribution in [1.29, 1.82) is 0 Å². The number of carbonyl (C=O) groups excluding carboxylic acids is 1. The molecular weight excluding hydrogens is 550 g/mol. The van der Waals surface area contributed by atoms with Crippen molar-refractivity contribution in [3.05, 3.63) is 63.9 Å². The van der Waals surface area contributed by atoms with Crippen molar-refractivity contribution in [1.82, 2.24) is 5.16 Å². The molecule has 9 nitrogen and oxygen atoms in total. The molecule has 2 aliphatic heterocycles. The second-order valence-electron chi connectivity index (χ2n) is 11.0. The molecular formula is C31H26ClNO8. The van der Waals surface area contributed by atoms with Crippen LogP contribution in [0.2, 0.25) is 5.02 Å². The van der Waals surface area contributed by atoms with E-state index >= 15 is 0 Å². The summed E-state index contributed by atoms with van der Waals surface area (Å²) in [6.45, 7) is 3.50. The Kier molecular flexibility index (Phi) is 4.89. The number of nitrogens with zero attached hydrogens (tertiary/aromatic N) is 1. The number of halogens is 1. The molecule has 1 fully saturated rings. The number of methoxy groups -OCH3 is 3. The van der Waals surface area contributed by atoms with Gasteiger partial charge in [-0.25, -0.2) is 0 Å². The zero-order valence-electron chi connectivity index (χ0n) is 23.0. The minimum Gasteiger partial charge on any atom is -0.496 e. The first kappa shape index (κ1) is 24.8. The first-order chi connectivity index (χ1) is 19.8. The lowest BCUT2D eigenvalue weighted by Gasteiger charge is -2.47. The highest BCUT2D eigenvalue weighted by atomic mass is 35.5. The summed E-state index contributed by atoms with van der Waals surface area (Å²) in [7, 11) is 4.78. The molecule has 4 aromatic rings. The van der Waals surface area contributed by atoms with Gasteiger partial charge in [-0.1, -0.05) is 41.9 Å². The number of fused-ring (bicyclic) bond motifs is 5. The number of ether oxygens (including phenoxy) is 6. The fraction of sp³-hybridized carbons (Fsp3) is 0.355. The van der Waals surface area contributed by atoms with E-state index in [1.807, 2.05) is 30.3 Å². The van der Waals surface area contributed by atoms with Crippen molar-refractivity contribution in [2.24, 2.45) is 11.8 Å². The average molecular weight is 576 g/mol. The molecule has 3 heterocycles. The van der Waals surface area contributed by atoms with Crippen LogP contribution in [0.1, 0.15) is 36.3 Å². The van der Waals surface area contributed by atoms with E-state index in [0.29, 0.717) is 56.6 Å². The summed E-state index contributed by atoms with van der Waals surface area (Å²) in [4.78, 5) is 12.4. The van der Waals surface area contributed by atoms with Gasteiger partial charge in [0.05, 0.1) is 37.3 Å². The largest absolute Gasteiger partial charge is 0.496 e. The van der Waals surface area contributed by atoms with Crippen LogP contribution >= 0.6 is 11.6 Å². The lowest BCUT2D eigenvalue weighted by molar-refractivity contribution is -0.245. The van der Waals surface area contributed by atoms with Crippen LogP contribution in [-0.4, -0.2) is 38.7 Å². The van der Waals surface area contributed by atoms with Crippen LogP contribution in [0.5, 0.6) is 23.0 Å². The van der Waals surface area contributed by atoms with Gasteiger partial charge in [-0.05, 0) is 18.1 Å². The van der Waals surface area contributed by atoms with E-state index in [0.717, 1.165) is 22.3 Å². The molecule has 10 heteroatoms. The SMILES string of the molecule is COc1cccc2c1-c1noc3c1[C@@]14c5ccc6c(OC)cc(Cl)c(OC)c6c5O[C@@]21O[C@H](OC(C)=O)[C@H]4[C@H](C)C3. The maximum atomic E-state index is 12.4. The van der Waals surface area contributed by atoms with Crippen LogP contribution in [0, 0.1) is 11.8 Å². The van der Waals surface area contributed by atoms with Crippen molar-refractivity contribution in [3.63, 3.8) is 0 Å². The van der Waals surface area contributed by atoms with E-state index < -0.39 is 23.5 Å². The highest BCUT2D eigenvalue weighted by molar-refractivity contribution is 6.34. The van der Waals surface area contributed by atoms with E-state index in [9.17, 15) is 4.79 Å². The Morgan fingerprint density at radius 3 is 2.61 bits per heavy atom. The summed E-state index contributed by atoms with van der Waals surface area (Å²) in [5, 5.41) is 6.42. The van der Waals surface area contributed by atoms with Crippen molar-refractivity contribution in [2.75, 3.05) is 21.3 Å². The number of aromatic nitrogens is 1. The van der Waals surface area contributed by atoms with E-state index in [-0.39, 0.29) is 11.8 Å². The standard InChI is InChI=1S/C31H26ClNO8/c1-13-11-21-25-26(33-41-21)23-16(7-6-8-19(23)35-3)31-30(25,24(13)29(40-31)38-14(2)34)17-10-9-15-20(36-4)12-18(32)28(37-5)22(15)27(17)39-31/h6-10,12-13,24,29H,11H2,1-5H3/t13-,24-,29+,30+,31-/m1/s1. The Morgan fingerprint density at radius 2 is 1.88 bits per heavy atom. The second kappa shape index (κ2) is 8.08. The highest BCUT2D eigenvalue weighted by Crippen LogP contribution is 2.75. The molecule has 0 unspecified atom stereocenters. The predicted octanol–water partition coefficient (Wildman–Crippen LogP) is 5.75. The van der Waals surface area contributed by atoms with Gasteiger partial charge in [0.2, 0.25) is 6.29 Å². The van der Waals surface area contributed by atoms with Crippen LogP contribution in [0.3, 0.4) is 0 Å². The van der Waals surface area contributed by atoms with Gasteiger partial charge in [0, 0.05) is 47.4 Å². The molecule has 1 aromatic heterocycles. The van der Waals surface area contributed by atoms with Crippen LogP contribution in [0.15, 0.2) is 40.9 Å². The lowest BCUT2D eigenvalue weighted by atomic mass is 9.52. The Morgan fingerprint density at radius 1 is 1.07 bits per heavy atom. The molecule has 0 amide bonds. The summed E-state index contributed by atoms with van der Waals surface area (Å²) in [5.74, 6) is 0.688. The lowest BCUT2D eigenvalue weighted by Crippen LogP contribution is -2.55. The van der Waals surface area contributed by atoms with Crippen molar-refractivity contribution >= 4 is 28.3 Å². The van der Waals surface area contributed by atoms with Crippen LogP contribution in [0.25, 0.3) is 22.0 Å². The molecule has 1 spiro atoms. The highest BCUT2D eigenvalue weighted by Gasteiger charge is 2.80. The minimum atomic E-state index is -1.44. The molecule has 0 radical (unpaired) electrons. The quantitative estimate of drug-likeness (QED) is 0.282. The monoisotopic (exact) mass is 575 g/mol. The number of benzene rings is 3. The van der Waals surface area contributed by atoms with Gasteiger partial charge >= 0.3 is 5.97 Å². The summed E-state index contributed by atoms with van der Waals surface area (Å²) >= 11 is 6.72. The number of rotatable bonds is 4. The Hall–Kier alpha value is -3.95. The summed E-state index contributed by atoms with van der Waals surface area (Å²) in [5.41, 5.74) is 2.82. The number of hydrogen-bond acceptors (Lipinski definition) is 9. The van der Waals surface area contributed by atoms with Gasteiger partial charge < -0.3 is 28.2 Å². The number of esters is 1. The van der Waals surface area contributed by atoms with Gasteiger partial charge in [0.1, 0.15) is 39.9 Å². The van der Waals surface area contributed by atoms with E-state index in [4.69, 9.17) is 44.5 Å². The smallest absolute Gasteiger partial charge is 0.304 e. The molecule has 0 N–H and O–H groups in total. The van der Waals surface area contributed by atoms with Gasteiger partial charge in [-0.3, -0.25) is 9.53 Å². The molecule has 0 saturated carbocycles. The Labute approximate surface area is 240 Å². The van der Waals surface area contributed by atoms with E-state index in [1.54, 1.807) is 27.4 Å². The molecule has 0 bridgehead atoms. The molecule has 1 saturated heterocycles. The fourth-order valence-electron chi connectivity index (χ4n) is 7.97. The van der Waals surface area contributed by atoms with Crippen molar-refractivity contribution < 1.29 is 37.7 Å². The number of carbonyl (C=O) groups is 1. The average Bonchev–Trinajstić information content (AvgIpc) is 3.58. The molecule has 3 aromatic carbocycles. The third-order valence-corrected chi connectivity index (χ3v) is 9.49. The zero-order chi connectivity index (χ0) is 28.4. The first-order valence-electron chi connectivity index (χ1n) is 13.4. The Bertz CT molecular complexity index is 1820. The van der Waals surface area contributed by atoms with Gasteiger partial charge in [-0.2, -0.15) is 0 Å². The number of hydrogen-bond donors (Lipinski definition) is 0. The van der Waals surface area contributed by atoms with Crippen molar-refractivity contribution in [2.45, 2.75) is 37.8 Å². The molecule has 41 heavy (non-hydrogen) atoms. The third-order valence-electron chi connectivity index (χ3n) is 9.21. The minimum absolute atomic E-state index is 0.0253. The van der Waals surface area contributed by atoms with Crippen molar-refractivity contribution in [3.8, 4) is 34.3 Å². The van der Waals surface area contributed by atoms with Gasteiger partial charge in [-0.15, -0.1) is 0 Å². The normalized spacial score (nSPS) is 27.8. The maximum absolute atomic E-state index is 12.4. The van der Waals surface area contributed by atoms with Crippen LogP contribution in [-0.2, 0) is 31.9 Å². The fourth-order valence-corrected chi connectivity index (χ4v) is 8.24. The van der Waals surface area contributed by atoms with E-state index in [1.165, 1.54) is 6.92 Å². The molecule has 4 aliphatic rings. The van der Waals surface area contributed by atoms with Gasteiger partial charge in [0.15, 0.2) is 0 Å². The zero-order valence-corrected chi connectivity index (χ0v) is 23.8. The van der Waals surface area contributed by atoms with E-state index in [2.05, 4.69) is 12.1 Å². The second-order valence-corrected chi connectivity index (χ2v) is 11.4. The molecule has 5 atom stereocenters. The maximum Gasteiger partial charge on any atom is 0.304 e. The first-order valence-corrected chi connectivity index (χ1v) is 13.8.